The Kier molecular flexibility index (Phi) is 6.96. The SMILES string of the molecule is c1ccc(N(c2ccccc2)c2ccc(-c3cnc4oc5ccc(-c6cccc(-c7cccc8c7sc7ccccc78)c6)cc5c4n3)cc2)cc1. The Morgan fingerprint density at radius 1 is 0.490 bits per heavy atom. The van der Waals surface area contributed by atoms with Gasteiger partial charge in [-0.15, -0.1) is 11.3 Å². The molecule has 0 spiro atoms. The van der Waals surface area contributed by atoms with E-state index in [1.807, 2.05) is 29.5 Å². The second-order valence-electron chi connectivity index (χ2n) is 12.6. The number of furan rings is 1. The average Bonchev–Trinajstić information content (AvgIpc) is 3.77. The molecule has 0 fully saturated rings. The molecule has 7 aromatic carbocycles. The van der Waals surface area contributed by atoms with Crippen LogP contribution < -0.4 is 4.90 Å². The van der Waals surface area contributed by atoms with Crippen LogP contribution in [0.3, 0.4) is 0 Å². The van der Waals surface area contributed by atoms with Crippen LogP contribution in [-0.2, 0) is 0 Å². The summed E-state index contributed by atoms with van der Waals surface area (Å²) >= 11 is 1.86. The maximum absolute atomic E-state index is 6.17. The summed E-state index contributed by atoms with van der Waals surface area (Å²) in [6.45, 7) is 0. The second-order valence-corrected chi connectivity index (χ2v) is 13.7. The molecule has 0 saturated heterocycles. The zero-order chi connectivity index (χ0) is 33.7. The minimum absolute atomic E-state index is 0.534. The van der Waals surface area contributed by atoms with E-state index < -0.39 is 0 Å². The fourth-order valence-electron chi connectivity index (χ4n) is 7.08. The molecule has 0 aliphatic carbocycles. The molecule has 0 bridgehead atoms. The molecule has 10 rings (SSSR count). The molecular formula is C46H29N3OS. The highest BCUT2D eigenvalue weighted by molar-refractivity contribution is 7.26. The molecule has 10 aromatic rings. The van der Waals surface area contributed by atoms with Crippen LogP contribution in [0.5, 0.6) is 0 Å². The summed E-state index contributed by atoms with van der Waals surface area (Å²) in [6, 6.07) is 59.8. The summed E-state index contributed by atoms with van der Waals surface area (Å²) in [4.78, 5) is 12.1. The fourth-order valence-corrected chi connectivity index (χ4v) is 8.32. The maximum atomic E-state index is 6.17. The van der Waals surface area contributed by atoms with Crippen LogP contribution in [0.25, 0.3) is 75.9 Å². The molecule has 0 radical (unpaired) electrons. The summed E-state index contributed by atoms with van der Waals surface area (Å²) in [6.07, 6.45) is 1.80. The van der Waals surface area contributed by atoms with Crippen molar-refractivity contribution in [3.63, 3.8) is 0 Å². The summed E-state index contributed by atoms with van der Waals surface area (Å²) in [7, 11) is 0. The molecule has 51 heavy (non-hydrogen) atoms. The van der Waals surface area contributed by atoms with E-state index in [2.05, 4.69) is 157 Å². The Hall–Kier alpha value is -6.56. The monoisotopic (exact) mass is 671 g/mol. The molecule has 0 aliphatic rings. The van der Waals surface area contributed by atoms with Crippen molar-refractivity contribution in [3.8, 4) is 33.5 Å². The van der Waals surface area contributed by atoms with E-state index in [0.29, 0.717) is 5.71 Å². The second kappa shape index (κ2) is 12.1. The van der Waals surface area contributed by atoms with E-state index in [4.69, 9.17) is 14.4 Å². The van der Waals surface area contributed by atoms with E-state index >= 15 is 0 Å². The van der Waals surface area contributed by atoms with Crippen LogP contribution in [0.2, 0.25) is 0 Å². The van der Waals surface area contributed by atoms with Crippen LogP contribution in [0.1, 0.15) is 0 Å². The first-order chi connectivity index (χ1) is 25.3. The Bertz CT molecular complexity index is 2820. The molecule has 0 N–H and O–H groups in total. The van der Waals surface area contributed by atoms with Crippen molar-refractivity contribution in [1.82, 2.24) is 9.97 Å². The van der Waals surface area contributed by atoms with E-state index in [-0.39, 0.29) is 0 Å². The van der Waals surface area contributed by atoms with Crippen molar-refractivity contribution in [2.75, 3.05) is 4.90 Å². The highest BCUT2D eigenvalue weighted by Crippen LogP contribution is 2.41. The number of rotatable bonds is 6. The van der Waals surface area contributed by atoms with Gasteiger partial charge in [0.15, 0.2) is 0 Å². The highest BCUT2D eigenvalue weighted by Gasteiger charge is 2.16. The molecular weight excluding hydrogens is 643 g/mol. The van der Waals surface area contributed by atoms with E-state index in [1.165, 1.54) is 31.3 Å². The van der Waals surface area contributed by atoms with Crippen molar-refractivity contribution in [1.29, 1.82) is 0 Å². The summed E-state index contributed by atoms with van der Waals surface area (Å²) < 4.78 is 8.80. The van der Waals surface area contributed by atoms with Crippen molar-refractivity contribution in [2.45, 2.75) is 0 Å². The van der Waals surface area contributed by atoms with Crippen LogP contribution in [-0.4, -0.2) is 9.97 Å². The maximum Gasteiger partial charge on any atom is 0.246 e. The van der Waals surface area contributed by atoms with Crippen LogP contribution in [0.4, 0.5) is 17.1 Å². The zero-order valence-electron chi connectivity index (χ0n) is 27.4. The third kappa shape index (κ3) is 5.14. The molecule has 0 saturated carbocycles. The van der Waals surface area contributed by atoms with Crippen LogP contribution >= 0.6 is 11.3 Å². The number of anilines is 3. The van der Waals surface area contributed by atoms with Gasteiger partial charge < -0.3 is 9.32 Å². The summed E-state index contributed by atoms with van der Waals surface area (Å²) in [5, 5.41) is 3.56. The number of aromatic nitrogens is 2. The molecule has 0 aliphatic heterocycles. The molecule has 5 heteroatoms. The summed E-state index contributed by atoms with van der Waals surface area (Å²) in [5.74, 6) is 0. The first kappa shape index (κ1) is 29.4. The lowest BCUT2D eigenvalue weighted by Gasteiger charge is -2.25. The first-order valence-electron chi connectivity index (χ1n) is 17.0. The zero-order valence-corrected chi connectivity index (χ0v) is 28.2. The predicted octanol–water partition coefficient (Wildman–Crippen LogP) is 13.2. The molecule has 0 amide bonds. The molecule has 0 unspecified atom stereocenters. The quantitative estimate of drug-likeness (QED) is 0.176. The van der Waals surface area contributed by atoms with Crippen molar-refractivity contribution < 1.29 is 4.42 Å². The largest absolute Gasteiger partial charge is 0.436 e. The lowest BCUT2D eigenvalue weighted by molar-refractivity contribution is 0.653. The lowest BCUT2D eigenvalue weighted by Crippen LogP contribution is -2.09. The number of hydrogen-bond donors (Lipinski definition) is 0. The van der Waals surface area contributed by atoms with Gasteiger partial charge in [-0.3, -0.25) is 0 Å². The van der Waals surface area contributed by atoms with E-state index in [9.17, 15) is 0 Å². The van der Waals surface area contributed by atoms with Crippen LogP contribution in [0, 0.1) is 0 Å². The Balaban J connectivity index is 1.01. The number of hydrogen-bond acceptors (Lipinski definition) is 5. The Morgan fingerprint density at radius 2 is 1.14 bits per heavy atom. The summed E-state index contributed by atoms with van der Waals surface area (Å²) in [5.41, 5.74) is 11.8. The molecule has 240 valence electrons. The number of benzene rings is 7. The van der Waals surface area contributed by atoms with Gasteiger partial charge in [-0.1, -0.05) is 109 Å². The Morgan fingerprint density at radius 3 is 1.94 bits per heavy atom. The van der Waals surface area contributed by atoms with Gasteiger partial charge in [0.2, 0.25) is 5.71 Å². The van der Waals surface area contributed by atoms with E-state index in [1.54, 1.807) is 6.20 Å². The minimum atomic E-state index is 0.534. The van der Waals surface area contributed by atoms with Gasteiger partial charge in [0.1, 0.15) is 11.1 Å². The Labute approximate surface area is 298 Å². The molecule has 4 nitrogen and oxygen atoms in total. The molecule has 3 aromatic heterocycles. The molecule has 0 atom stereocenters. The van der Waals surface area contributed by atoms with Gasteiger partial charge in [0.05, 0.1) is 11.9 Å². The van der Waals surface area contributed by atoms with Crippen molar-refractivity contribution >= 4 is 70.8 Å². The van der Waals surface area contributed by atoms with Gasteiger partial charge in [-0.25, -0.2) is 9.97 Å². The van der Waals surface area contributed by atoms with Gasteiger partial charge in [-0.2, -0.15) is 0 Å². The van der Waals surface area contributed by atoms with Crippen molar-refractivity contribution in [2.24, 2.45) is 0 Å². The van der Waals surface area contributed by atoms with E-state index in [0.717, 1.165) is 55.9 Å². The fraction of sp³-hybridized carbons (Fsp3) is 0. The molecule has 3 heterocycles. The van der Waals surface area contributed by atoms with Gasteiger partial charge in [0, 0.05) is 48.2 Å². The topological polar surface area (TPSA) is 42.2 Å². The number of thiophene rings is 1. The third-order valence-electron chi connectivity index (χ3n) is 9.54. The number of fused-ring (bicyclic) bond motifs is 6. The smallest absolute Gasteiger partial charge is 0.246 e. The number of para-hydroxylation sites is 2. The predicted molar refractivity (Wildman–Crippen MR) is 213 cm³/mol. The third-order valence-corrected chi connectivity index (χ3v) is 10.8. The van der Waals surface area contributed by atoms with Gasteiger partial charge >= 0.3 is 0 Å². The van der Waals surface area contributed by atoms with Gasteiger partial charge in [0.25, 0.3) is 0 Å². The first-order valence-corrected chi connectivity index (χ1v) is 17.8. The van der Waals surface area contributed by atoms with Crippen molar-refractivity contribution in [3.05, 3.63) is 176 Å². The standard InChI is InChI=1S/C46H29N3OS/c1-3-13-34(14-4-1)49(35-15-5-2-6-16-35)36-24-21-30(22-25-36)41-29-47-46-44(48-41)40-28-32(23-26-42(40)50-46)31-11-9-12-33(27-31)37-18-10-19-39-38-17-7-8-20-43(38)51-45(37)39/h1-29H. The minimum Gasteiger partial charge on any atom is -0.436 e. The van der Waals surface area contributed by atoms with Gasteiger partial charge in [-0.05, 0) is 82.9 Å². The average molecular weight is 672 g/mol. The highest BCUT2D eigenvalue weighted by atomic mass is 32.1. The lowest BCUT2D eigenvalue weighted by atomic mass is 9.97. The van der Waals surface area contributed by atoms with Crippen LogP contribution in [0.15, 0.2) is 180 Å². The normalized spacial score (nSPS) is 11.5. The number of nitrogens with zero attached hydrogens (tertiary/aromatic N) is 3.